The van der Waals surface area contributed by atoms with E-state index in [0.29, 0.717) is 5.56 Å². The number of nitrogens with two attached hydrogens (primary N) is 1. The third-order valence-corrected chi connectivity index (χ3v) is 6.79. The lowest BCUT2D eigenvalue weighted by atomic mass is 9.90. The Kier molecular flexibility index (Phi) is 5.78. The first-order chi connectivity index (χ1) is 17.2. The van der Waals surface area contributed by atoms with Crippen LogP contribution in [0.15, 0.2) is 41.3 Å². The Labute approximate surface area is 204 Å². The first-order valence-corrected chi connectivity index (χ1v) is 11.6. The SMILES string of the molecule is CCOC(=O)c1cn2c3c(c(C4(C(=O)OCc5ccccc5)CC4N)c(F)c(F)c3c1=O)OCC2C. The van der Waals surface area contributed by atoms with Crippen molar-refractivity contribution >= 4 is 22.8 Å². The molecule has 0 spiro atoms. The summed E-state index contributed by atoms with van der Waals surface area (Å²) in [6.45, 7) is 3.25. The molecule has 1 fully saturated rings. The van der Waals surface area contributed by atoms with Gasteiger partial charge in [0.2, 0.25) is 5.43 Å². The van der Waals surface area contributed by atoms with Crippen molar-refractivity contribution in [3.8, 4) is 5.75 Å². The number of carbonyl (C=O) groups is 2. The molecule has 2 aromatic carbocycles. The van der Waals surface area contributed by atoms with E-state index in [-0.39, 0.29) is 43.1 Å². The average Bonchev–Trinajstić information content (AvgIpc) is 3.54. The van der Waals surface area contributed by atoms with Gasteiger partial charge in [0, 0.05) is 12.2 Å². The summed E-state index contributed by atoms with van der Waals surface area (Å²) >= 11 is 0. The van der Waals surface area contributed by atoms with Crippen molar-refractivity contribution in [2.24, 2.45) is 5.73 Å². The van der Waals surface area contributed by atoms with E-state index < -0.39 is 57.5 Å². The number of ether oxygens (including phenoxy) is 3. The van der Waals surface area contributed by atoms with E-state index in [0.717, 1.165) is 0 Å². The van der Waals surface area contributed by atoms with Gasteiger partial charge in [-0.2, -0.15) is 0 Å². The number of esters is 2. The van der Waals surface area contributed by atoms with Gasteiger partial charge < -0.3 is 24.5 Å². The standard InChI is InChI=1S/C26H24F2N2O6/c1-3-34-24(32)15-10-30-13(2)11-35-23-18(20(28)19(27)17(21(23)30)22(15)31)26(9-16(26)29)25(33)36-12-14-7-5-4-6-8-14/h4-8,10,13,16H,3,9,11-12,29H2,1-2H3. The molecule has 188 valence electrons. The number of pyridine rings is 1. The number of benzene rings is 2. The molecule has 2 aliphatic rings. The molecule has 0 bridgehead atoms. The summed E-state index contributed by atoms with van der Waals surface area (Å²) < 4.78 is 49.0. The molecular formula is C26H24F2N2O6. The molecule has 3 aromatic rings. The van der Waals surface area contributed by atoms with Crippen LogP contribution in [0.3, 0.4) is 0 Å². The Morgan fingerprint density at radius 3 is 2.53 bits per heavy atom. The number of halogens is 2. The van der Waals surface area contributed by atoms with Gasteiger partial charge in [0.15, 0.2) is 17.4 Å². The fraction of sp³-hybridized carbons (Fsp3) is 0.346. The van der Waals surface area contributed by atoms with Crippen molar-refractivity contribution in [2.45, 2.75) is 44.4 Å². The topological polar surface area (TPSA) is 110 Å². The molecule has 3 atom stereocenters. The lowest BCUT2D eigenvalue weighted by molar-refractivity contribution is -0.148. The molecule has 10 heteroatoms. The zero-order valence-electron chi connectivity index (χ0n) is 19.7. The Morgan fingerprint density at radius 1 is 1.19 bits per heavy atom. The van der Waals surface area contributed by atoms with Crippen LogP contribution in [-0.4, -0.2) is 35.8 Å². The van der Waals surface area contributed by atoms with Crippen molar-refractivity contribution < 1.29 is 32.6 Å². The van der Waals surface area contributed by atoms with Gasteiger partial charge in [-0.3, -0.25) is 9.59 Å². The molecule has 0 saturated heterocycles. The number of rotatable bonds is 6. The van der Waals surface area contributed by atoms with Crippen LogP contribution in [0, 0.1) is 11.6 Å². The van der Waals surface area contributed by atoms with Gasteiger partial charge in [-0.1, -0.05) is 30.3 Å². The summed E-state index contributed by atoms with van der Waals surface area (Å²) in [5.41, 5.74) is 3.30. The molecule has 5 rings (SSSR count). The third kappa shape index (κ3) is 3.47. The van der Waals surface area contributed by atoms with Crippen LogP contribution in [0.5, 0.6) is 5.75 Å². The number of aromatic nitrogens is 1. The van der Waals surface area contributed by atoms with Gasteiger partial charge in [0.1, 0.15) is 24.2 Å². The fourth-order valence-corrected chi connectivity index (χ4v) is 4.79. The van der Waals surface area contributed by atoms with Crippen molar-refractivity contribution in [1.82, 2.24) is 4.57 Å². The van der Waals surface area contributed by atoms with Crippen LogP contribution in [0.4, 0.5) is 8.78 Å². The van der Waals surface area contributed by atoms with Crippen molar-refractivity contribution in [2.75, 3.05) is 13.2 Å². The highest BCUT2D eigenvalue weighted by Gasteiger charge is 2.64. The summed E-state index contributed by atoms with van der Waals surface area (Å²) in [5, 5.41) is -0.648. The van der Waals surface area contributed by atoms with Gasteiger partial charge in [-0.05, 0) is 25.8 Å². The zero-order chi connectivity index (χ0) is 25.8. The van der Waals surface area contributed by atoms with Crippen LogP contribution in [0.2, 0.25) is 0 Å². The van der Waals surface area contributed by atoms with Gasteiger partial charge in [0.05, 0.1) is 29.1 Å². The summed E-state index contributed by atoms with van der Waals surface area (Å²) in [4.78, 5) is 38.7. The molecule has 1 aliphatic carbocycles. The highest BCUT2D eigenvalue weighted by Crippen LogP contribution is 2.55. The predicted molar refractivity (Wildman–Crippen MR) is 125 cm³/mol. The first-order valence-electron chi connectivity index (χ1n) is 11.6. The third-order valence-electron chi connectivity index (χ3n) is 6.79. The molecule has 8 nitrogen and oxygen atoms in total. The Bertz CT molecular complexity index is 1450. The smallest absolute Gasteiger partial charge is 0.343 e. The fourth-order valence-electron chi connectivity index (χ4n) is 4.79. The minimum atomic E-state index is -1.68. The minimum absolute atomic E-state index is 0.00150. The second-order valence-corrected chi connectivity index (χ2v) is 9.06. The molecule has 0 amide bonds. The zero-order valence-corrected chi connectivity index (χ0v) is 19.7. The van der Waals surface area contributed by atoms with Crippen LogP contribution in [0.25, 0.3) is 10.9 Å². The van der Waals surface area contributed by atoms with Crippen molar-refractivity contribution in [3.63, 3.8) is 0 Å². The van der Waals surface area contributed by atoms with E-state index >= 15 is 8.78 Å². The van der Waals surface area contributed by atoms with E-state index in [1.807, 2.05) is 6.07 Å². The van der Waals surface area contributed by atoms with Crippen LogP contribution < -0.4 is 15.9 Å². The Balaban J connectivity index is 1.69. The number of carbonyl (C=O) groups excluding carboxylic acids is 2. The number of nitrogens with zero attached hydrogens (tertiary/aromatic N) is 1. The maximum absolute atomic E-state index is 15.7. The predicted octanol–water partition coefficient (Wildman–Crippen LogP) is 3.12. The van der Waals surface area contributed by atoms with Gasteiger partial charge >= 0.3 is 11.9 Å². The maximum atomic E-state index is 15.7. The average molecular weight is 498 g/mol. The highest BCUT2D eigenvalue weighted by molar-refractivity contribution is 5.99. The van der Waals surface area contributed by atoms with E-state index in [1.165, 1.54) is 10.8 Å². The van der Waals surface area contributed by atoms with Crippen molar-refractivity contribution in [3.05, 3.63) is 75.1 Å². The molecule has 1 aromatic heterocycles. The van der Waals surface area contributed by atoms with Crippen molar-refractivity contribution in [1.29, 1.82) is 0 Å². The molecule has 1 aliphatic heterocycles. The Hall–Kier alpha value is -3.79. The second-order valence-electron chi connectivity index (χ2n) is 9.06. The van der Waals surface area contributed by atoms with Crippen LogP contribution >= 0.6 is 0 Å². The second kappa shape index (κ2) is 8.70. The molecule has 2 N–H and O–H groups in total. The summed E-state index contributed by atoms with van der Waals surface area (Å²) in [6.07, 6.45) is 1.27. The lowest BCUT2D eigenvalue weighted by Crippen LogP contribution is -2.35. The highest BCUT2D eigenvalue weighted by atomic mass is 19.2. The molecular weight excluding hydrogens is 474 g/mol. The van der Waals surface area contributed by atoms with E-state index in [2.05, 4.69) is 0 Å². The van der Waals surface area contributed by atoms with E-state index in [9.17, 15) is 14.4 Å². The summed E-state index contributed by atoms with van der Waals surface area (Å²) in [5.74, 6) is -4.82. The van der Waals surface area contributed by atoms with Gasteiger partial charge in [0.25, 0.3) is 0 Å². The van der Waals surface area contributed by atoms with E-state index in [4.69, 9.17) is 19.9 Å². The summed E-state index contributed by atoms with van der Waals surface area (Å²) in [7, 11) is 0. The normalized spacial score (nSPS) is 22.1. The van der Waals surface area contributed by atoms with Gasteiger partial charge in [-0.25, -0.2) is 13.6 Å². The molecule has 1 saturated carbocycles. The molecule has 36 heavy (non-hydrogen) atoms. The molecule has 2 heterocycles. The number of hydrogen-bond acceptors (Lipinski definition) is 7. The van der Waals surface area contributed by atoms with Gasteiger partial charge in [-0.15, -0.1) is 0 Å². The lowest BCUT2D eigenvalue weighted by Gasteiger charge is -2.30. The van der Waals surface area contributed by atoms with E-state index in [1.54, 1.807) is 38.1 Å². The first kappa shape index (κ1) is 23.9. The van der Waals surface area contributed by atoms with Crippen LogP contribution in [-0.2, 0) is 26.3 Å². The summed E-state index contributed by atoms with van der Waals surface area (Å²) in [6, 6.07) is 7.62. The number of hydrogen-bond donors (Lipinski definition) is 1. The molecule has 3 unspecified atom stereocenters. The quantitative estimate of drug-likeness (QED) is 0.520. The Morgan fingerprint density at radius 2 is 1.89 bits per heavy atom. The minimum Gasteiger partial charge on any atom is -0.489 e. The monoisotopic (exact) mass is 498 g/mol. The largest absolute Gasteiger partial charge is 0.489 e. The molecule has 0 radical (unpaired) electrons. The van der Waals surface area contributed by atoms with Crippen LogP contribution in [0.1, 0.15) is 47.8 Å². The maximum Gasteiger partial charge on any atom is 0.343 e.